The van der Waals surface area contributed by atoms with Crippen LogP contribution in [0.25, 0.3) is 11.1 Å². The molecule has 2 aromatic rings. The second-order valence-electron chi connectivity index (χ2n) is 7.61. The number of para-hydroxylation sites is 1. The van der Waals surface area contributed by atoms with Crippen molar-refractivity contribution in [3.05, 3.63) is 60.4 Å². The Morgan fingerprint density at radius 1 is 1.15 bits per heavy atom. The van der Waals surface area contributed by atoms with Gasteiger partial charge in [0.15, 0.2) is 0 Å². The van der Waals surface area contributed by atoms with Crippen LogP contribution in [-0.2, 0) is 11.2 Å². The number of rotatable bonds is 4. The first-order chi connectivity index (χ1) is 12.8. The number of ether oxygens (including phenoxy) is 1. The number of fused-ring (bicyclic) bond motifs is 3. The third-order valence-corrected chi connectivity index (χ3v) is 5.94. The summed E-state index contributed by atoms with van der Waals surface area (Å²) in [4.78, 5) is 16.6. The number of nitrogens with zero attached hydrogens (tertiary/aromatic N) is 1. The standard InChI is InChI=1S/C22H22N2O2/c25-22(20-11-14-4-5-16(20)10-14)24-13-18-12-17-2-1-3-19(21(17)26-18)15-6-8-23-9-7-15/h1-9,14,16,18,20H,10-13H2,(H,24,25)/t14-,16+,18+,20+/m1/s1. The van der Waals surface area contributed by atoms with Gasteiger partial charge in [-0.1, -0.05) is 30.4 Å². The van der Waals surface area contributed by atoms with Crippen LogP contribution in [0.5, 0.6) is 5.75 Å². The zero-order valence-electron chi connectivity index (χ0n) is 14.6. The Hall–Kier alpha value is -2.62. The van der Waals surface area contributed by atoms with Crippen molar-refractivity contribution < 1.29 is 9.53 Å². The summed E-state index contributed by atoms with van der Waals surface area (Å²) >= 11 is 0. The lowest BCUT2D eigenvalue weighted by Crippen LogP contribution is -2.39. The van der Waals surface area contributed by atoms with E-state index in [4.69, 9.17) is 4.74 Å². The summed E-state index contributed by atoms with van der Waals surface area (Å²) in [6.45, 7) is 0.570. The first-order valence-corrected chi connectivity index (χ1v) is 9.43. The van der Waals surface area contributed by atoms with Crippen molar-refractivity contribution in [1.29, 1.82) is 0 Å². The third-order valence-electron chi connectivity index (χ3n) is 5.94. The number of hydrogen-bond acceptors (Lipinski definition) is 3. The first kappa shape index (κ1) is 15.6. The molecule has 1 fully saturated rings. The monoisotopic (exact) mass is 346 g/mol. The Kier molecular flexibility index (Phi) is 3.77. The summed E-state index contributed by atoms with van der Waals surface area (Å²) < 4.78 is 6.22. The first-order valence-electron chi connectivity index (χ1n) is 9.43. The molecular weight excluding hydrogens is 324 g/mol. The van der Waals surface area contributed by atoms with Gasteiger partial charge >= 0.3 is 0 Å². The van der Waals surface area contributed by atoms with Crippen LogP contribution in [0.2, 0.25) is 0 Å². The number of allylic oxidation sites excluding steroid dienone is 2. The second-order valence-corrected chi connectivity index (χ2v) is 7.61. The van der Waals surface area contributed by atoms with Crippen LogP contribution >= 0.6 is 0 Å². The van der Waals surface area contributed by atoms with E-state index in [0.29, 0.717) is 18.4 Å². The average molecular weight is 346 g/mol. The molecule has 132 valence electrons. The van der Waals surface area contributed by atoms with E-state index in [1.165, 1.54) is 5.56 Å². The average Bonchev–Trinajstić information content (AvgIpc) is 3.41. The number of pyridine rings is 1. The van der Waals surface area contributed by atoms with Gasteiger partial charge in [0.25, 0.3) is 0 Å². The molecule has 4 atom stereocenters. The van der Waals surface area contributed by atoms with E-state index in [2.05, 4.69) is 40.7 Å². The molecule has 0 spiro atoms. The minimum atomic E-state index is 0.00562. The van der Waals surface area contributed by atoms with Crippen LogP contribution in [0, 0.1) is 17.8 Å². The molecule has 1 aromatic heterocycles. The molecule has 5 rings (SSSR count). The van der Waals surface area contributed by atoms with Crippen LogP contribution in [0.15, 0.2) is 54.9 Å². The molecule has 2 bridgehead atoms. The molecule has 0 unspecified atom stereocenters. The summed E-state index contributed by atoms with van der Waals surface area (Å²) in [5.74, 6) is 2.35. The van der Waals surface area contributed by atoms with E-state index >= 15 is 0 Å². The molecule has 2 aliphatic carbocycles. The van der Waals surface area contributed by atoms with Gasteiger partial charge in [-0.25, -0.2) is 0 Å². The molecule has 4 heteroatoms. The fraction of sp³-hybridized carbons (Fsp3) is 0.364. The van der Waals surface area contributed by atoms with Crippen molar-refractivity contribution >= 4 is 5.91 Å². The van der Waals surface area contributed by atoms with Gasteiger partial charge in [-0.2, -0.15) is 0 Å². The Labute approximate surface area is 153 Å². The highest BCUT2D eigenvalue weighted by molar-refractivity contribution is 5.80. The highest BCUT2D eigenvalue weighted by atomic mass is 16.5. The van der Waals surface area contributed by atoms with Gasteiger partial charge in [0.05, 0.1) is 6.54 Å². The zero-order chi connectivity index (χ0) is 17.5. The Bertz CT molecular complexity index is 862. The second kappa shape index (κ2) is 6.27. The Morgan fingerprint density at radius 3 is 2.81 bits per heavy atom. The predicted octanol–water partition coefficient (Wildman–Crippen LogP) is 3.38. The van der Waals surface area contributed by atoms with Gasteiger partial charge in [-0.3, -0.25) is 9.78 Å². The number of amides is 1. The molecule has 1 aromatic carbocycles. The maximum absolute atomic E-state index is 12.5. The Morgan fingerprint density at radius 2 is 2.04 bits per heavy atom. The fourth-order valence-corrected chi connectivity index (χ4v) is 4.64. The van der Waals surface area contributed by atoms with Crippen LogP contribution in [0.4, 0.5) is 0 Å². The van der Waals surface area contributed by atoms with Gasteiger partial charge in [-0.05, 0) is 47.9 Å². The summed E-state index contributed by atoms with van der Waals surface area (Å²) in [5.41, 5.74) is 3.41. The normalized spacial score (nSPS) is 28.0. The van der Waals surface area contributed by atoms with Crippen molar-refractivity contribution in [2.75, 3.05) is 6.54 Å². The Balaban J connectivity index is 1.25. The molecule has 1 N–H and O–H groups in total. The number of benzene rings is 1. The van der Waals surface area contributed by atoms with Crippen molar-refractivity contribution in [3.8, 4) is 16.9 Å². The minimum absolute atomic E-state index is 0.00562. The van der Waals surface area contributed by atoms with E-state index < -0.39 is 0 Å². The van der Waals surface area contributed by atoms with Crippen LogP contribution in [0.3, 0.4) is 0 Å². The number of aromatic nitrogens is 1. The van der Waals surface area contributed by atoms with Crippen molar-refractivity contribution in [3.63, 3.8) is 0 Å². The van der Waals surface area contributed by atoms with Crippen molar-refractivity contribution in [2.45, 2.75) is 25.4 Å². The molecule has 1 saturated carbocycles. The van der Waals surface area contributed by atoms with Gasteiger partial charge < -0.3 is 10.1 Å². The topological polar surface area (TPSA) is 51.2 Å². The molecule has 4 nitrogen and oxygen atoms in total. The fourth-order valence-electron chi connectivity index (χ4n) is 4.64. The molecule has 3 aliphatic rings. The van der Waals surface area contributed by atoms with Crippen molar-refractivity contribution in [2.24, 2.45) is 17.8 Å². The minimum Gasteiger partial charge on any atom is -0.487 e. The number of carbonyl (C=O) groups is 1. The number of carbonyl (C=O) groups excluding carboxylic acids is 1. The molecular formula is C22H22N2O2. The maximum Gasteiger partial charge on any atom is 0.223 e. The van der Waals surface area contributed by atoms with Crippen LogP contribution < -0.4 is 10.1 Å². The van der Waals surface area contributed by atoms with Gasteiger partial charge in [-0.15, -0.1) is 0 Å². The highest BCUT2D eigenvalue weighted by Gasteiger charge is 2.40. The van der Waals surface area contributed by atoms with Gasteiger partial charge in [0.2, 0.25) is 5.91 Å². The summed E-state index contributed by atoms with van der Waals surface area (Å²) in [6.07, 6.45) is 11.1. The predicted molar refractivity (Wildman–Crippen MR) is 99.6 cm³/mol. The van der Waals surface area contributed by atoms with E-state index in [-0.39, 0.29) is 17.9 Å². The molecule has 0 saturated heterocycles. The van der Waals surface area contributed by atoms with E-state index in [0.717, 1.165) is 36.1 Å². The SMILES string of the molecule is O=C(NC[C@@H]1Cc2cccc(-c3ccncc3)c2O1)[C@H]1C[C@@H]2C=C[C@H]1C2. The van der Waals surface area contributed by atoms with E-state index in [1.54, 1.807) is 12.4 Å². The molecule has 26 heavy (non-hydrogen) atoms. The summed E-state index contributed by atoms with van der Waals surface area (Å²) in [6, 6.07) is 10.3. The van der Waals surface area contributed by atoms with Gasteiger partial charge in [0, 0.05) is 30.3 Å². The van der Waals surface area contributed by atoms with Crippen molar-refractivity contribution in [1.82, 2.24) is 10.3 Å². The molecule has 0 radical (unpaired) electrons. The zero-order valence-corrected chi connectivity index (χ0v) is 14.6. The van der Waals surface area contributed by atoms with E-state index in [1.807, 2.05) is 12.1 Å². The quantitative estimate of drug-likeness (QED) is 0.864. The lowest BCUT2D eigenvalue weighted by Gasteiger charge is -2.19. The molecule has 2 heterocycles. The van der Waals surface area contributed by atoms with Gasteiger partial charge in [0.1, 0.15) is 11.9 Å². The number of hydrogen-bond donors (Lipinski definition) is 1. The third kappa shape index (κ3) is 2.70. The smallest absolute Gasteiger partial charge is 0.223 e. The van der Waals surface area contributed by atoms with E-state index in [9.17, 15) is 4.79 Å². The van der Waals surface area contributed by atoms with Crippen LogP contribution in [0.1, 0.15) is 18.4 Å². The largest absolute Gasteiger partial charge is 0.487 e. The number of nitrogens with one attached hydrogen (secondary N) is 1. The summed E-state index contributed by atoms with van der Waals surface area (Å²) in [7, 11) is 0. The maximum atomic E-state index is 12.5. The van der Waals surface area contributed by atoms with Crippen LogP contribution in [-0.4, -0.2) is 23.5 Å². The lowest BCUT2D eigenvalue weighted by atomic mass is 9.93. The summed E-state index contributed by atoms with van der Waals surface area (Å²) in [5, 5.41) is 3.14. The highest BCUT2D eigenvalue weighted by Crippen LogP contribution is 2.43. The molecule has 1 aliphatic heterocycles. The molecule has 1 amide bonds. The lowest BCUT2D eigenvalue weighted by molar-refractivity contribution is -0.126.